The van der Waals surface area contributed by atoms with Crippen LogP contribution in [0.4, 0.5) is 0 Å². The molecule has 0 unspecified atom stereocenters. The molecule has 158 valence electrons. The van der Waals surface area contributed by atoms with E-state index in [4.69, 9.17) is 14.2 Å². The van der Waals surface area contributed by atoms with Gasteiger partial charge in [0, 0.05) is 18.3 Å². The van der Waals surface area contributed by atoms with Crippen molar-refractivity contribution in [1.29, 1.82) is 0 Å². The molecular formula is C23H27N3O4. The van der Waals surface area contributed by atoms with Gasteiger partial charge in [-0.05, 0) is 49.2 Å². The zero-order valence-electron chi connectivity index (χ0n) is 17.9. The number of hydrogen-bond donors (Lipinski definition) is 1. The highest BCUT2D eigenvalue weighted by Gasteiger charge is 2.30. The van der Waals surface area contributed by atoms with Crippen LogP contribution in [-0.4, -0.2) is 37.0 Å². The first-order valence-corrected chi connectivity index (χ1v) is 9.58. The average molecular weight is 409 g/mol. The second-order valence-electron chi connectivity index (χ2n) is 7.33. The van der Waals surface area contributed by atoms with Gasteiger partial charge in [0.1, 0.15) is 11.3 Å². The minimum atomic E-state index is -0.860. The largest absolute Gasteiger partial charge is 0.497 e. The summed E-state index contributed by atoms with van der Waals surface area (Å²) in [4.78, 5) is 12.9. The quantitative estimate of drug-likeness (QED) is 0.615. The van der Waals surface area contributed by atoms with Crippen molar-refractivity contribution in [2.45, 2.75) is 25.9 Å². The Labute approximate surface area is 176 Å². The molecule has 1 N–H and O–H groups in total. The molecule has 0 aliphatic carbocycles. The van der Waals surface area contributed by atoms with Crippen molar-refractivity contribution >= 4 is 5.91 Å². The molecule has 0 spiro atoms. The van der Waals surface area contributed by atoms with E-state index in [1.54, 1.807) is 32.2 Å². The van der Waals surface area contributed by atoms with Crippen LogP contribution >= 0.6 is 0 Å². The summed E-state index contributed by atoms with van der Waals surface area (Å²) >= 11 is 0. The normalized spacial score (nSPS) is 11.1. The van der Waals surface area contributed by atoms with E-state index >= 15 is 0 Å². The standard InChI is InChI=1S/C23H27N3O4/c1-23(2,22(27)24-13-16-6-9-19(28-3)10-7-16)26-15-18(14-25-26)17-8-11-20(29-4)21(12-17)30-5/h6-12,14-15H,13H2,1-5H3,(H,24,27). The molecule has 1 amide bonds. The summed E-state index contributed by atoms with van der Waals surface area (Å²) in [6.45, 7) is 4.10. The van der Waals surface area contributed by atoms with Gasteiger partial charge in [-0.3, -0.25) is 9.48 Å². The predicted molar refractivity (Wildman–Crippen MR) is 115 cm³/mol. The molecule has 0 saturated heterocycles. The highest BCUT2D eigenvalue weighted by molar-refractivity contribution is 5.83. The molecule has 0 fully saturated rings. The highest BCUT2D eigenvalue weighted by Crippen LogP contribution is 2.32. The number of hydrogen-bond acceptors (Lipinski definition) is 5. The molecule has 0 atom stereocenters. The van der Waals surface area contributed by atoms with Crippen molar-refractivity contribution in [2.24, 2.45) is 0 Å². The van der Waals surface area contributed by atoms with Gasteiger partial charge in [-0.1, -0.05) is 18.2 Å². The molecule has 0 aliphatic rings. The summed E-state index contributed by atoms with van der Waals surface area (Å²) in [7, 11) is 4.82. The Hall–Kier alpha value is -3.48. The zero-order valence-corrected chi connectivity index (χ0v) is 17.9. The smallest absolute Gasteiger partial charge is 0.247 e. The maximum absolute atomic E-state index is 12.9. The van der Waals surface area contributed by atoms with Crippen LogP contribution in [0.3, 0.4) is 0 Å². The first-order valence-electron chi connectivity index (χ1n) is 9.58. The third kappa shape index (κ3) is 4.40. The summed E-state index contributed by atoms with van der Waals surface area (Å²) in [5.74, 6) is 1.95. The summed E-state index contributed by atoms with van der Waals surface area (Å²) in [6, 6.07) is 13.3. The molecule has 0 radical (unpaired) electrons. The van der Waals surface area contributed by atoms with Crippen molar-refractivity contribution in [3.63, 3.8) is 0 Å². The SMILES string of the molecule is COc1ccc(CNC(=O)C(C)(C)n2cc(-c3ccc(OC)c(OC)c3)cn2)cc1. The fraction of sp³-hybridized carbons (Fsp3) is 0.304. The first-order chi connectivity index (χ1) is 14.4. The number of rotatable bonds is 8. The minimum Gasteiger partial charge on any atom is -0.497 e. The third-order valence-corrected chi connectivity index (χ3v) is 5.04. The van der Waals surface area contributed by atoms with E-state index in [1.165, 1.54) is 0 Å². The lowest BCUT2D eigenvalue weighted by Crippen LogP contribution is -2.44. The Balaban J connectivity index is 1.73. The first kappa shape index (κ1) is 21.2. The molecule has 2 aromatic carbocycles. The van der Waals surface area contributed by atoms with Crippen LogP contribution in [-0.2, 0) is 16.9 Å². The monoisotopic (exact) mass is 409 g/mol. The lowest BCUT2D eigenvalue weighted by molar-refractivity contribution is -0.129. The van der Waals surface area contributed by atoms with Crippen LogP contribution in [0.15, 0.2) is 54.9 Å². The molecule has 1 heterocycles. The summed E-state index contributed by atoms with van der Waals surface area (Å²) in [6.07, 6.45) is 3.59. The van der Waals surface area contributed by atoms with E-state index in [-0.39, 0.29) is 5.91 Å². The number of methoxy groups -OCH3 is 3. The third-order valence-electron chi connectivity index (χ3n) is 5.04. The van der Waals surface area contributed by atoms with Crippen molar-refractivity contribution < 1.29 is 19.0 Å². The fourth-order valence-corrected chi connectivity index (χ4v) is 3.04. The number of nitrogens with zero attached hydrogens (tertiary/aromatic N) is 2. The summed E-state index contributed by atoms with van der Waals surface area (Å²) < 4.78 is 17.5. The molecule has 30 heavy (non-hydrogen) atoms. The Morgan fingerprint density at radius 2 is 1.67 bits per heavy atom. The average Bonchev–Trinajstić information content (AvgIpc) is 3.28. The number of benzene rings is 2. The lowest BCUT2D eigenvalue weighted by atomic mass is 10.0. The second-order valence-corrected chi connectivity index (χ2v) is 7.33. The lowest BCUT2D eigenvalue weighted by Gasteiger charge is -2.24. The van der Waals surface area contributed by atoms with E-state index in [2.05, 4.69) is 10.4 Å². The van der Waals surface area contributed by atoms with Gasteiger partial charge in [0.2, 0.25) is 5.91 Å². The zero-order chi connectivity index (χ0) is 21.7. The van der Waals surface area contributed by atoms with Gasteiger partial charge < -0.3 is 19.5 Å². The number of carbonyl (C=O) groups is 1. The Morgan fingerprint density at radius 3 is 2.30 bits per heavy atom. The Bertz CT molecular complexity index is 1010. The van der Waals surface area contributed by atoms with E-state index < -0.39 is 5.54 Å². The van der Waals surface area contributed by atoms with E-state index in [9.17, 15) is 4.79 Å². The Morgan fingerprint density at radius 1 is 0.967 bits per heavy atom. The number of nitrogens with one attached hydrogen (secondary N) is 1. The van der Waals surface area contributed by atoms with Gasteiger partial charge in [0.05, 0.1) is 27.5 Å². The fourth-order valence-electron chi connectivity index (χ4n) is 3.04. The van der Waals surface area contributed by atoms with Gasteiger partial charge in [-0.25, -0.2) is 0 Å². The molecule has 7 nitrogen and oxygen atoms in total. The molecule has 3 rings (SSSR count). The topological polar surface area (TPSA) is 74.6 Å². The van der Waals surface area contributed by atoms with E-state index in [1.807, 2.05) is 62.5 Å². The molecule has 1 aromatic heterocycles. The number of ether oxygens (including phenoxy) is 3. The molecule has 0 saturated carbocycles. The number of aromatic nitrogens is 2. The van der Waals surface area contributed by atoms with E-state index in [0.717, 1.165) is 22.4 Å². The van der Waals surface area contributed by atoms with Crippen molar-refractivity contribution in [2.75, 3.05) is 21.3 Å². The second kappa shape index (κ2) is 8.90. The van der Waals surface area contributed by atoms with Crippen LogP contribution in [0.5, 0.6) is 17.2 Å². The Kier molecular flexibility index (Phi) is 6.30. The minimum absolute atomic E-state index is 0.125. The summed E-state index contributed by atoms with van der Waals surface area (Å²) in [5.41, 5.74) is 1.94. The molecule has 3 aromatic rings. The van der Waals surface area contributed by atoms with Crippen molar-refractivity contribution in [3.8, 4) is 28.4 Å². The number of carbonyl (C=O) groups excluding carboxylic acids is 1. The van der Waals surface area contributed by atoms with E-state index in [0.29, 0.717) is 18.0 Å². The van der Waals surface area contributed by atoms with Crippen molar-refractivity contribution in [3.05, 3.63) is 60.4 Å². The molecule has 0 bridgehead atoms. The van der Waals surface area contributed by atoms with Crippen LogP contribution in [0.1, 0.15) is 19.4 Å². The predicted octanol–water partition coefficient (Wildman–Crippen LogP) is 3.63. The van der Waals surface area contributed by atoms with Gasteiger partial charge in [-0.15, -0.1) is 0 Å². The maximum atomic E-state index is 12.9. The van der Waals surface area contributed by atoms with Crippen molar-refractivity contribution in [1.82, 2.24) is 15.1 Å². The van der Waals surface area contributed by atoms with Gasteiger partial charge in [0.25, 0.3) is 0 Å². The summed E-state index contributed by atoms with van der Waals surface area (Å²) in [5, 5.41) is 7.41. The number of amides is 1. The van der Waals surface area contributed by atoms with Gasteiger partial charge >= 0.3 is 0 Å². The van der Waals surface area contributed by atoms with Crippen LogP contribution in [0.2, 0.25) is 0 Å². The van der Waals surface area contributed by atoms with Gasteiger partial charge in [-0.2, -0.15) is 5.10 Å². The molecule has 7 heteroatoms. The molecule has 0 aliphatic heterocycles. The van der Waals surface area contributed by atoms with Crippen LogP contribution in [0, 0.1) is 0 Å². The van der Waals surface area contributed by atoms with Gasteiger partial charge in [0.15, 0.2) is 11.5 Å². The van der Waals surface area contributed by atoms with Crippen LogP contribution < -0.4 is 19.5 Å². The van der Waals surface area contributed by atoms with Crippen LogP contribution in [0.25, 0.3) is 11.1 Å². The highest BCUT2D eigenvalue weighted by atomic mass is 16.5. The maximum Gasteiger partial charge on any atom is 0.247 e. The molecular weight excluding hydrogens is 382 g/mol.